The molecule has 1 aliphatic rings. The number of fused-ring (bicyclic) bond motifs is 3. The summed E-state index contributed by atoms with van der Waals surface area (Å²) in [6.45, 7) is 1.83. The van der Waals surface area contributed by atoms with Gasteiger partial charge in [-0.3, -0.25) is 0 Å². The summed E-state index contributed by atoms with van der Waals surface area (Å²) in [5, 5.41) is 0. The van der Waals surface area contributed by atoms with Gasteiger partial charge in [0, 0.05) is 12.6 Å². The zero-order chi connectivity index (χ0) is 16.8. The number of benzene rings is 1. The van der Waals surface area contributed by atoms with E-state index in [-0.39, 0.29) is 19.1 Å². The molecule has 3 rings (SSSR count). The Morgan fingerprint density at radius 1 is 1.30 bits per heavy atom. The highest BCUT2D eigenvalue weighted by molar-refractivity contribution is 7.89. The summed E-state index contributed by atoms with van der Waals surface area (Å²) in [4.78, 5) is 4.40. The number of hydrogen-bond acceptors (Lipinski definition) is 3. The number of para-hydroxylation sites is 2. The van der Waals surface area contributed by atoms with Crippen LogP contribution >= 0.6 is 0 Å². The number of sulfonamides is 1. The summed E-state index contributed by atoms with van der Waals surface area (Å²) in [6.07, 6.45) is -4.32. The van der Waals surface area contributed by atoms with Crippen LogP contribution in [0.3, 0.4) is 0 Å². The predicted molar refractivity (Wildman–Crippen MR) is 79.3 cm³/mol. The van der Waals surface area contributed by atoms with Gasteiger partial charge in [-0.05, 0) is 25.5 Å². The fourth-order valence-corrected chi connectivity index (χ4v) is 4.22. The van der Waals surface area contributed by atoms with E-state index in [1.807, 2.05) is 29.7 Å². The summed E-state index contributed by atoms with van der Waals surface area (Å²) in [7, 11) is -4.41. The SMILES string of the molecule is CC1CCN(S(=O)(=O)CC(F)(F)F)Cc2nc3ccccc3n21. The Hall–Kier alpha value is -1.61. The standard InChI is InChI=1S/C14H16F3N3O2S/c1-10-6-7-19(23(21,22)9-14(15,16)17)8-13-18-11-4-2-3-5-12(11)20(10)13/h2-5,10H,6-9H2,1H3. The molecule has 0 bridgehead atoms. The third kappa shape index (κ3) is 3.20. The molecule has 0 saturated heterocycles. The lowest BCUT2D eigenvalue weighted by Crippen LogP contribution is -2.37. The average Bonchev–Trinajstić information content (AvgIpc) is 2.69. The minimum Gasteiger partial charge on any atom is -0.324 e. The molecule has 0 aliphatic carbocycles. The van der Waals surface area contributed by atoms with E-state index in [1.54, 1.807) is 6.07 Å². The van der Waals surface area contributed by atoms with Gasteiger partial charge < -0.3 is 4.57 Å². The van der Waals surface area contributed by atoms with Crippen LogP contribution in [0.5, 0.6) is 0 Å². The van der Waals surface area contributed by atoms with Gasteiger partial charge in [0.25, 0.3) is 0 Å². The highest BCUT2D eigenvalue weighted by Crippen LogP contribution is 2.29. The van der Waals surface area contributed by atoms with Gasteiger partial charge >= 0.3 is 6.18 Å². The summed E-state index contributed by atoms with van der Waals surface area (Å²) >= 11 is 0. The molecule has 126 valence electrons. The maximum Gasteiger partial charge on any atom is 0.404 e. The summed E-state index contributed by atoms with van der Waals surface area (Å²) in [5.41, 5.74) is 1.58. The van der Waals surface area contributed by atoms with Gasteiger partial charge in [-0.25, -0.2) is 13.4 Å². The van der Waals surface area contributed by atoms with Crippen LogP contribution in [-0.2, 0) is 16.6 Å². The number of rotatable bonds is 2. The molecule has 1 aliphatic heterocycles. The van der Waals surface area contributed by atoms with Gasteiger partial charge in [0.1, 0.15) is 5.82 Å². The van der Waals surface area contributed by atoms with Crippen molar-refractivity contribution in [2.75, 3.05) is 12.3 Å². The van der Waals surface area contributed by atoms with Crippen molar-refractivity contribution in [3.05, 3.63) is 30.1 Å². The van der Waals surface area contributed by atoms with E-state index in [4.69, 9.17) is 0 Å². The van der Waals surface area contributed by atoms with Crippen LogP contribution in [0, 0.1) is 0 Å². The zero-order valence-electron chi connectivity index (χ0n) is 12.4. The van der Waals surface area contributed by atoms with Crippen molar-refractivity contribution in [3.8, 4) is 0 Å². The Morgan fingerprint density at radius 3 is 2.70 bits per heavy atom. The van der Waals surface area contributed by atoms with Crippen LogP contribution in [0.2, 0.25) is 0 Å². The molecule has 0 saturated carbocycles. The molecule has 1 unspecified atom stereocenters. The molecule has 0 fully saturated rings. The lowest BCUT2D eigenvalue weighted by atomic mass is 10.2. The fraction of sp³-hybridized carbons (Fsp3) is 0.500. The maximum atomic E-state index is 12.5. The smallest absolute Gasteiger partial charge is 0.324 e. The largest absolute Gasteiger partial charge is 0.404 e. The first-order valence-corrected chi connectivity index (χ1v) is 8.79. The van der Waals surface area contributed by atoms with Gasteiger partial charge in [-0.2, -0.15) is 17.5 Å². The highest BCUT2D eigenvalue weighted by Gasteiger charge is 2.39. The molecule has 9 heteroatoms. The third-order valence-corrected chi connectivity index (χ3v) is 5.75. The summed E-state index contributed by atoms with van der Waals surface area (Å²) in [5.74, 6) is -1.36. The van der Waals surface area contributed by atoms with E-state index in [0.717, 1.165) is 9.82 Å². The predicted octanol–water partition coefficient (Wildman–Crippen LogP) is 2.70. The number of alkyl halides is 3. The third-order valence-electron chi connectivity index (χ3n) is 3.96. The lowest BCUT2D eigenvalue weighted by molar-refractivity contribution is -0.107. The molecule has 0 N–H and O–H groups in total. The van der Waals surface area contributed by atoms with Crippen molar-refractivity contribution in [2.24, 2.45) is 0 Å². The quantitative estimate of drug-likeness (QED) is 0.839. The Labute approximate surface area is 131 Å². The minimum atomic E-state index is -4.75. The van der Waals surface area contributed by atoms with Crippen LogP contribution in [0.15, 0.2) is 24.3 Å². The van der Waals surface area contributed by atoms with Gasteiger partial charge in [-0.15, -0.1) is 0 Å². The van der Waals surface area contributed by atoms with Gasteiger partial charge in [0.15, 0.2) is 5.75 Å². The van der Waals surface area contributed by atoms with Crippen LogP contribution in [0.4, 0.5) is 13.2 Å². The van der Waals surface area contributed by atoms with E-state index in [0.29, 0.717) is 17.8 Å². The van der Waals surface area contributed by atoms with Crippen molar-refractivity contribution in [2.45, 2.75) is 32.1 Å². The molecule has 0 radical (unpaired) electrons. The first kappa shape index (κ1) is 16.3. The van der Waals surface area contributed by atoms with Crippen molar-refractivity contribution < 1.29 is 21.6 Å². The van der Waals surface area contributed by atoms with Gasteiger partial charge in [0.2, 0.25) is 10.0 Å². The fourth-order valence-electron chi connectivity index (χ4n) is 2.93. The molecule has 1 aromatic carbocycles. The molecule has 23 heavy (non-hydrogen) atoms. The molecule has 1 aromatic heterocycles. The zero-order valence-corrected chi connectivity index (χ0v) is 13.2. The Morgan fingerprint density at radius 2 is 2.00 bits per heavy atom. The van der Waals surface area contributed by atoms with E-state index in [1.165, 1.54) is 0 Å². The average molecular weight is 347 g/mol. The molecular weight excluding hydrogens is 331 g/mol. The van der Waals surface area contributed by atoms with E-state index in [9.17, 15) is 21.6 Å². The number of imidazole rings is 1. The van der Waals surface area contributed by atoms with Crippen LogP contribution in [-0.4, -0.2) is 40.7 Å². The second-order valence-electron chi connectivity index (χ2n) is 5.73. The van der Waals surface area contributed by atoms with Crippen LogP contribution in [0.1, 0.15) is 25.2 Å². The van der Waals surface area contributed by atoms with E-state index >= 15 is 0 Å². The molecule has 0 amide bonds. The van der Waals surface area contributed by atoms with E-state index in [2.05, 4.69) is 4.98 Å². The minimum absolute atomic E-state index is 0.0384. The van der Waals surface area contributed by atoms with Gasteiger partial charge in [0.05, 0.1) is 17.6 Å². The Kier molecular flexibility index (Phi) is 3.88. The van der Waals surface area contributed by atoms with Crippen molar-refractivity contribution in [1.29, 1.82) is 0 Å². The molecule has 1 atom stereocenters. The van der Waals surface area contributed by atoms with E-state index < -0.39 is 22.0 Å². The van der Waals surface area contributed by atoms with Crippen molar-refractivity contribution >= 4 is 21.1 Å². The van der Waals surface area contributed by atoms with Crippen LogP contribution < -0.4 is 0 Å². The van der Waals surface area contributed by atoms with Gasteiger partial charge in [-0.1, -0.05) is 12.1 Å². The number of nitrogens with zero attached hydrogens (tertiary/aromatic N) is 3. The maximum absolute atomic E-state index is 12.5. The normalized spacial score (nSPS) is 20.4. The monoisotopic (exact) mass is 347 g/mol. The van der Waals surface area contributed by atoms with Crippen molar-refractivity contribution in [1.82, 2.24) is 13.9 Å². The number of hydrogen-bond donors (Lipinski definition) is 0. The Balaban J connectivity index is 2.00. The number of aromatic nitrogens is 2. The Bertz CT molecular complexity index is 829. The van der Waals surface area contributed by atoms with Crippen molar-refractivity contribution in [3.63, 3.8) is 0 Å². The summed E-state index contributed by atoms with van der Waals surface area (Å²) in [6, 6.07) is 7.31. The number of halogens is 3. The molecule has 2 heterocycles. The first-order valence-electron chi connectivity index (χ1n) is 7.18. The second kappa shape index (κ2) is 5.48. The van der Waals surface area contributed by atoms with Crippen LogP contribution in [0.25, 0.3) is 11.0 Å². The molecule has 2 aromatic rings. The first-order chi connectivity index (χ1) is 10.7. The highest BCUT2D eigenvalue weighted by atomic mass is 32.2. The topological polar surface area (TPSA) is 55.2 Å². The molecular formula is C14H16F3N3O2S. The second-order valence-corrected chi connectivity index (χ2v) is 7.70. The molecule has 5 nitrogen and oxygen atoms in total. The lowest BCUT2D eigenvalue weighted by Gasteiger charge is -2.20. The molecule has 0 spiro atoms. The summed E-state index contributed by atoms with van der Waals surface area (Å²) < 4.78 is 64.5.